The van der Waals surface area contributed by atoms with Gasteiger partial charge in [-0.25, -0.2) is 19.0 Å². The highest BCUT2D eigenvalue weighted by Crippen LogP contribution is 2.43. The maximum Gasteiger partial charge on any atom is 0.431 e. The molecule has 3 aromatic carbocycles. The van der Waals surface area contributed by atoms with E-state index in [0.29, 0.717) is 16.8 Å². The van der Waals surface area contributed by atoms with E-state index in [2.05, 4.69) is 10.4 Å². The Bertz CT molecular complexity index is 1430. The molecule has 5 rings (SSSR count). The number of anilines is 1. The maximum atomic E-state index is 16.0. The molecule has 1 aromatic heterocycles. The predicted octanol–water partition coefficient (Wildman–Crippen LogP) is 5.63. The summed E-state index contributed by atoms with van der Waals surface area (Å²) in [6, 6.07) is 14.9. The number of aryl methyl sites for hydroxylation is 1. The number of carbonyl (C=O) groups excluding carboxylic acids is 1. The lowest BCUT2D eigenvalue weighted by Gasteiger charge is -2.47. The first-order valence-corrected chi connectivity index (χ1v) is 11.3. The maximum absolute atomic E-state index is 16.0. The quantitative estimate of drug-likeness (QED) is 0.358. The Labute approximate surface area is 201 Å². The van der Waals surface area contributed by atoms with Crippen molar-refractivity contribution < 1.29 is 23.4 Å². The summed E-state index contributed by atoms with van der Waals surface area (Å²) in [6.45, 7) is 5.27. The van der Waals surface area contributed by atoms with Gasteiger partial charge >= 0.3 is 6.09 Å². The number of aliphatic hydroxyl groups is 1. The monoisotopic (exact) mass is 477 g/mol. The molecule has 0 unspecified atom stereocenters. The first-order valence-electron chi connectivity index (χ1n) is 11.3. The van der Waals surface area contributed by atoms with E-state index in [1.54, 1.807) is 62.5 Å². The zero-order chi connectivity index (χ0) is 24.9. The third-order valence-electron chi connectivity index (χ3n) is 6.67. The second-order valence-electron chi connectivity index (χ2n) is 9.27. The lowest BCUT2D eigenvalue weighted by molar-refractivity contribution is 0.0830. The number of hydrogen-bond donors (Lipinski definition) is 3. The smallest absolute Gasteiger partial charge is 0.409 e. The second-order valence-corrected chi connectivity index (χ2v) is 9.27. The third kappa shape index (κ3) is 3.80. The van der Waals surface area contributed by atoms with Crippen LogP contribution >= 0.6 is 0 Å². The molecular formula is C27H25F2N3O3. The summed E-state index contributed by atoms with van der Waals surface area (Å²) >= 11 is 0. The number of halogens is 2. The van der Waals surface area contributed by atoms with Gasteiger partial charge < -0.3 is 14.8 Å². The van der Waals surface area contributed by atoms with Gasteiger partial charge in [-0.2, -0.15) is 0 Å². The Morgan fingerprint density at radius 2 is 1.91 bits per heavy atom. The van der Waals surface area contributed by atoms with Crippen molar-refractivity contribution in [1.29, 1.82) is 0 Å². The molecule has 1 aliphatic heterocycles. The van der Waals surface area contributed by atoms with Gasteiger partial charge in [0.2, 0.25) is 0 Å². The highest BCUT2D eigenvalue weighted by Gasteiger charge is 2.43. The van der Waals surface area contributed by atoms with E-state index >= 15 is 8.78 Å². The average Bonchev–Trinajstić information content (AvgIpc) is 3.20. The van der Waals surface area contributed by atoms with E-state index in [4.69, 9.17) is 4.74 Å². The van der Waals surface area contributed by atoms with Gasteiger partial charge in [0.05, 0.1) is 28.4 Å². The minimum atomic E-state index is -1.07. The molecule has 0 aliphatic carbocycles. The van der Waals surface area contributed by atoms with Crippen molar-refractivity contribution in [2.24, 2.45) is 0 Å². The molecule has 0 fully saturated rings. The normalized spacial score (nSPS) is 16.7. The highest BCUT2D eigenvalue weighted by atomic mass is 19.1. The van der Waals surface area contributed by atoms with Crippen LogP contribution in [-0.2, 0) is 6.42 Å². The van der Waals surface area contributed by atoms with Gasteiger partial charge in [0.15, 0.2) is 0 Å². The van der Waals surface area contributed by atoms with Crippen LogP contribution in [0.2, 0.25) is 0 Å². The number of hydrogen-bond acceptors (Lipinski definition) is 4. The SMILES string of the molecule is Cc1c[nH]c2c(-c3c(F)cc4c(c3F)C[C@H](O)C(C)(C)N4NC(=O)Oc3ccccc3)cccc12. The number of aromatic nitrogens is 1. The Morgan fingerprint density at radius 3 is 2.66 bits per heavy atom. The minimum Gasteiger partial charge on any atom is -0.409 e. The fourth-order valence-electron chi connectivity index (χ4n) is 4.61. The summed E-state index contributed by atoms with van der Waals surface area (Å²) in [5.41, 5.74) is 3.51. The lowest BCUT2D eigenvalue weighted by Crippen LogP contribution is -2.63. The molecule has 0 saturated carbocycles. The summed E-state index contributed by atoms with van der Waals surface area (Å²) in [7, 11) is 0. The number of carbonyl (C=O) groups is 1. The van der Waals surface area contributed by atoms with Gasteiger partial charge in [-0.3, -0.25) is 5.01 Å². The van der Waals surface area contributed by atoms with Crippen molar-refractivity contribution in [3.8, 4) is 16.9 Å². The van der Waals surface area contributed by atoms with Crippen LogP contribution in [0.5, 0.6) is 5.75 Å². The summed E-state index contributed by atoms with van der Waals surface area (Å²) < 4.78 is 36.9. The molecular weight excluding hydrogens is 452 g/mol. The van der Waals surface area contributed by atoms with Gasteiger partial charge in [0.1, 0.15) is 17.4 Å². The highest BCUT2D eigenvalue weighted by molar-refractivity contribution is 5.96. The zero-order valence-electron chi connectivity index (χ0n) is 19.5. The fourth-order valence-corrected chi connectivity index (χ4v) is 4.61. The van der Waals surface area contributed by atoms with Gasteiger partial charge in [-0.1, -0.05) is 36.4 Å². The van der Waals surface area contributed by atoms with Crippen molar-refractivity contribution in [3.63, 3.8) is 0 Å². The van der Waals surface area contributed by atoms with E-state index in [0.717, 1.165) is 10.9 Å². The predicted molar refractivity (Wildman–Crippen MR) is 130 cm³/mol. The Balaban J connectivity index is 1.59. The largest absolute Gasteiger partial charge is 0.431 e. The van der Waals surface area contributed by atoms with Gasteiger partial charge in [-0.05, 0) is 38.5 Å². The molecule has 0 saturated heterocycles. The number of benzene rings is 3. The van der Waals surface area contributed by atoms with E-state index in [1.807, 2.05) is 13.0 Å². The molecule has 1 atom stereocenters. The van der Waals surface area contributed by atoms with E-state index < -0.39 is 29.4 Å². The van der Waals surface area contributed by atoms with E-state index in [1.165, 1.54) is 11.1 Å². The van der Waals surface area contributed by atoms with Crippen molar-refractivity contribution >= 4 is 22.7 Å². The van der Waals surface area contributed by atoms with Crippen LogP contribution in [-0.4, -0.2) is 27.8 Å². The van der Waals surface area contributed by atoms with Gasteiger partial charge in [0, 0.05) is 35.2 Å². The van der Waals surface area contributed by atoms with Crippen LogP contribution in [0.3, 0.4) is 0 Å². The summed E-state index contributed by atoms with van der Waals surface area (Å²) in [5, 5.41) is 13.0. The average molecular weight is 478 g/mol. The molecule has 8 heteroatoms. The number of rotatable bonds is 3. The van der Waals surface area contributed by atoms with Crippen molar-refractivity contribution in [2.45, 2.75) is 38.8 Å². The van der Waals surface area contributed by atoms with Crippen LogP contribution < -0.4 is 15.2 Å². The van der Waals surface area contributed by atoms with Crippen LogP contribution in [0.1, 0.15) is 25.0 Å². The number of fused-ring (bicyclic) bond motifs is 2. The number of amides is 1. The molecule has 3 N–H and O–H groups in total. The summed E-state index contributed by atoms with van der Waals surface area (Å²) in [4.78, 5) is 15.7. The van der Waals surface area contributed by atoms with Gasteiger partial charge in [-0.15, -0.1) is 0 Å². The summed E-state index contributed by atoms with van der Waals surface area (Å²) in [5.74, 6) is -1.25. The van der Waals surface area contributed by atoms with Crippen LogP contribution in [0, 0.1) is 18.6 Å². The Morgan fingerprint density at radius 1 is 1.17 bits per heavy atom. The van der Waals surface area contributed by atoms with Crippen molar-refractivity contribution in [3.05, 3.63) is 83.6 Å². The Hall–Kier alpha value is -3.91. The topological polar surface area (TPSA) is 77.6 Å². The number of hydrazine groups is 1. The number of H-pyrrole nitrogens is 1. The van der Waals surface area contributed by atoms with Gasteiger partial charge in [0.25, 0.3) is 0 Å². The zero-order valence-corrected chi connectivity index (χ0v) is 19.5. The number of ether oxygens (including phenoxy) is 1. The molecule has 2 heterocycles. The number of nitrogens with one attached hydrogen (secondary N) is 2. The first-order chi connectivity index (χ1) is 16.7. The molecule has 6 nitrogen and oxygen atoms in total. The second kappa shape index (κ2) is 8.39. The number of aromatic amines is 1. The molecule has 4 aromatic rings. The fraction of sp³-hybridized carbons (Fsp3) is 0.222. The van der Waals surface area contributed by atoms with Crippen LogP contribution in [0.25, 0.3) is 22.0 Å². The standard InChI is InChI=1S/C27H25F2N3O3/c1-15-14-30-25-17(15)10-7-11-18(25)23-20(28)13-21-19(24(23)29)12-22(33)27(2,3)32(21)31-26(34)35-16-8-5-4-6-9-16/h4-11,13-14,22,30,33H,12H2,1-3H3,(H,31,34)/t22-/m0/s1. The van der Waals surface area contributed by atoms with Crippen LogP contribution in [0.15, 0.2) is 60.8 Å². The van der Waals surface area contributed by atoms with E-state index in [-0.39, 0.29) is 23.2 Å². The van der Waals surface area contributed by atoms with Crippen LogP contribution in [0.4, 0.5) is 19.3 Å². The first kappa shape index (κ1) is 22.9. The molecule has 180 valence electrons. The Kier molecular flexibility index (Phi) is 5.48. The number of nitrogens with zero attached hydrogens (tertiary/aromatic N) is 1. The number of para-hydroxylation sites is 2. The van der Waals surface area contributed by atoms with Crippen molar-refractivity contribution in [2.75, 3.05) is 5.01 Å². The molecule has 1 amide bonds. The van der Waals surface area contributed by atoms with E-state index in [9.17, 15) is 9.90 Å². The molecule has 35 heavy (non-hydrogen) atoms. The molecule has 0 bridgehead atoms. The summed E-state index contributed by atoms with van der Waals surface area (Å²) in [6.07, 6.45) is -0.157. The molecule has 0 spiro atoms. The lowest BCUT2D eigenvalue weighted by atomic mass is 9.83. The third-order valence-corrected chi connectivity index (χ3v) is 6.67. The minimum absolute atomic E-state index is 0.0485. The molecule has 0 radical (unpaired) electrons. The molecule has 1 aliphatic rings. The number of aliphatic hydroxyl groups excluding tert-OH is 1. The van der Waals surface area contributed by atoms with Crippen molar-refractivity contribution in [1.82, 2.24) is 10.4 Å².